The molecule has 0 heterocycles. The third-order valence-electron chi connectivity index (χ3n) is 13.9. The summed E-state index contributed by atoms with van der Waals surface area (Å²) in [7, 11) is 0. The molecule has 5 aromatic rings. The number of aliphatic hydroxyl groups is 4. The van der Waals surface area contributed by atoms with Gasteiger partial charge in [0, 0.05) is 23.0 Å². The molecule has 0 aromatic heterocycles. The molecule has 0 saturated heterocycles. The summed E-state index contributed by atoms with van der Waals surface area (Å²) in [4.78, 5) is 45.4. The summed E-state index contributed by atoms with van der Waals surface area (Å²) in [6.07, 6.45) is 1.86. The zero-order chi connectivity index (χ0) is 64.9. The van der Waals surface area contributed by atoms with E-state index in [9.17, 15) is 39.6 Å². The van der Waals surface area contributed by atoms with E-state index in [0.717, 1.165) is 40.8 Å². The largest absolute Gasteiger partial charge is 0.491 e. The van der Waals surface area contributed by atoms with Crippen molar-refractivity contribution in [2.45, 2.75) is 103 Å². The van der Waals surface area contributed by atoms with Crippen LogP contribution in [0.1, 0.15) is 96.0 Å². The summed E-state index contributed by atoms with van der Waals surface area (Å²) >= 11 is 0. The average Bonchev–Trinajstić information content (AvgIpc) is 1.15. The van der Waals surface area contributed by atoms with E-state index >= 15 is 0 Å². The van der Waals surface area contributed by atoms with Gasteiger partial charge in [0.15, 0.2) is 0 Å². The topological polar surface area (TPSA) is 241 Å². The molecule has 18 heteroatoms. The molecular formula is C70H92O18. The van der Waals surface area contributed by atoms with Gasteiger partial charge < -0.3 is 67.8 Å². The summed E-state index contributed by atoms with van der Waals surface area (Å²) in [6.45, 7) is 26.8. The van der Waals surface area contributed by atoms with Crippen LogP contribution in [0.4, 0.5) is 0 Å². The van der Waals surface area contributed by atoms with Crippen molar-refractivity contribution >= 4 is 30.0 Å². The van der Waals surface area contributed by atoms with E-state index in [4.69, 9.17) is 47.4 Å². The van der Waals surface area contributed by atoms with Crippen LogP contribution in [0.15, 0.2) is 159 Å². The van der Waals surface area contributed by atoms with Gasteiger partial charge in [-0.2, -0.15) is 0 Å². The summed E-state index contributed by atoms with van der Waals surface area (Å²) in [6, 6.07) is 40.6. The number of benzene rings is 5. The molecule has 0 radical (unpaired) electrons. The molecule has 0 saturated carbocycles. The predicted octanol–water partition coefficient (Wildman–Crippen LogP) is 9.98. The second-order valence-electron chi connectivity index (χ2n) is 21.6. The second-order valence-corrected chi connectivity index (χ2v) is 21.6. The molecule has 0 bridgehead atoms. The van der Waals surface area contributed by atoms with E-state index in [0.29, 0.717) is 29.4 Å². The van der Waals surface area contributed by atoms with Gasteiger partial charge in [-0.3, -0.25) is 9.59 Å². The van der Waals surface area contributed by atoms with Crippen LogP contribution in [0.2, 0.25) is 0 Å². The lowest BCUT2D eigenvalue weighted by Crippen LogP contribution is -2.27. The van der Waals surface area contributed by atoms with Gasteiger partial charge in [-0.1, -0.05) is 160 Å². The Morgan fingerprint density at radius 1 is 0.409 bits per heavy atom. The van der Waals surface area contributed by atoms with E-state index in [2.05, 4.69) is 47.4 Å². The average molecular weight is 1220 g/mol. The van der Waals surface area contributed by atoms with Gasteiger partial charge >= 0.3 is 23.9 Å². The van der Waals surface area contributed by atoms with E-state index in [1.807, 2.05) is 154 Å². The van der Waals surface area contributed by atoms with Crippen molar-refractivity contribution in [3.63, 3.8) is 0 Å². The zero-order valence-corrected chi connectivity index (χ0v) is 52.3. The maximum atomic E-state index is 11.8. The van der Waals surface area contributed by atoms with Gasteiger partial charge in [0.25, 0.3) is 0 Å². The Bertz CT molecular complexity index is 2800. The molecule has 480 valence electrons. The molecule has 0 aliphatic rings. The van der Waals surface area contributed by atoms with Crippen molar-refractivity contribution in [1.29, 1.82) is 0 Å². The number of esters is 4. The molecule has 0 aliphatic heterocycles. The van der Waals surface area contributed by atoms with Crippen molar-refractivity contribution in [1.82, 2.24) is 0 Å². The smallest absolute Gasteiger partial charge is 0.330 e. The number of rotatable bonds is 37. The molecule has 5 aromatic carbocycles. The fraction of sp³-hybridized carbons (Fsp3) is 0.429. The van der Waals surface area contributed by atoms with E-state index < -0.39 is 36.4 Å². The first-order valence-electron chi connectivity index (χ1n) is 29.5. The van der Waals surface area contributed by atoms with Crippen LogP contribution in [0.3, 0.4) is 0 Å². The normalized spacial score (nSPS) is 13.1. The highest BCUT2D eigenvalue weighted by Gasteiger charge is 2.25. The van der Waals surface area contributed by atoms with Gasteiger partial charge in [0.05, 0.1) is 38.3 Å². The number of aliphatic hydroxyl groups excluding tert-OH is 4. The van der Waals surface area contributed by atoms with Crippen LogP contribution in [0.25, 0.3) is 6.08 Å². The van der Waals surface area contributed by atoms with Crippen LogP contribution >= 0.6 is 0 Å². The lowest BCUT2D eigenvalue weighted by Gasteiger charge is -2.26. The van der Waals surface area contributed by atoms with Crippen LogP contribution in [0.5, 0.6) is 23.0 Å². The minimum atomic E-state index is -0.946. The van der Waals surface area contributed by atoms with Crippen LogP contribution < -0.4 is 18.9 Å². The molecule has 5 rings (SSSR count). The minimum Gasteiger partial charge on any atom is -0.491 e. The molecule has 6 unspecified atom stereocenters. The lowest BCUT2D eigenvalue weighted by molar-refractivity contribution is -0.151. The number of ether oxygens (including phenoxy) is 10. The lowest BCUT2D eigenvalue weighted by atomic mass is 9.78. The summed E-state index contributed by atoms with van der Waals surface area (Å²) in [5, 5.41) is 40.1. The van der Waals surface area contributed by atoms with E-state index in [-0.39, 0.29) is 114 Å². The molecule has 0 spiro atoms. The number of hydrogen-bond donors (Lipinski definition) is 4. The monoisotopic (exact) mass is 1220 g/mol. The molecule has 88 heavy (non-hydrogen) atoms. The summed E-state index contributed by atoms with van der Waals surface area (Å²) in [5.74, 6) is 0.441. The van der Waals surface area contributed by atoms with Gasteiger partial charge in [-0.15, -0.1) is 0 Å². The molecule has 0 fully saturated rings. The number of carbonyl (C=O) groups is 4. The SMILES string of the molecule is C=CC(=O)OCCOCC(O)COc1ccc(C(C)(C)c2ccc(OCC(O)COC(=O)C=C)cc2)cc1.C=Cc1ccccc1.CCC(C)C(=O)OCCOCC(O)COc1ccc(C(C)(C)c2ccc(OCC(O)COC(=O)C(C)CC)cc2)cc1. The Morgan fingerprint density at radius 2 is 0.716 bits per heavy atom. The minimum absolute atomic E-state index is 0.0133. The third kappa shape index (κ3) is 28.3. The molecule has 4 N–H and O–H groups in total. The molecule has 0 amide bonds. The third-order valence-corrected chi connectivity index (χ3v) is 13.9. The van der Waals surface area contributed by atoms with Gasteiger partial charge in [-0.05, 0) is 89.2 Å². The quantitative estimate of drug-likeness (QED) is 0.0125. The van der Waals surface area contributed by atoms with Crippen molar-refractivity contribution in [2.24, 2.45) is 11.8 Å². The van der Waals surface area contributed by atoms with Gasteiger partial charge in [0.1, 0.15) is 100 Å². The molecule has 0 aliphatic carbocycles. The summed E-state index contributed by atoms with van der Waals surface area (Å²) in [5.41, 5.74) is 4.85. The van der Waals surface area contributed by atoms with Crippen molar-refractivity contribution in [2.75, 3.05) is 79.3 Å². The summed E-state index contributed by atoms with van der Waals surface area (Å²) < 4.78 is 53.1. The van der Waals surface area contributed by atoms with Crippen molar-refractivity contribution in [3.8, 4) is 23.0 Å². The standard InChI is InChI=1S/C33H48O9.C29H36O9.C8H8/c1-7-23(3)31(36)39-18-17-38-19-27(34)20-40-29-13-9-25(10-14-29)33(5,6)26-11-15-30(16-12-26)41-21-28(35)22-42-32(37)24(4)8-2;1-5-27(32)35-16-15-34-17-23(30)18-36-25-11-7-21(8-12-25)29(3,4)22-9-13-26(14-10-22)37-19-24(31)20-38-28(33)6-2;1-2-8-6-4-3-5-7-8/h9-16,23-24,27-28,34-35H,7-8,17-22H2,1-6H3;5-14,23-24,30-31H,1-2,15-20H2,3-4H3;2-7H,1H2. The highest BCUT2D eigenvalue weighted by molar-refractivity contribution is 5.81. The molecular weight excluding hydrogens is 1130 g/mol. The molecule has 18 nitrogen and oxygen atoms in total. The first kappa shape index (κ1) is 74.4. The first-order chi connectivity index (χ1) is 42.1. The van der Waals surface area contributed by atoms with E-state index in [1.54, 1.807) is 6.92 Å². The maximum absolute atomic E-state index is 11.8. The van der Waals surface area contributed by atoms with Crippen molar-refractivity contribution in [3.05, 3.63) is 187 Å². The Balaban J connectivity index is 0.000000408. The number of hydrogen-bond acceptors (Lipinski definition) is 18. The van der Waals surface area contributed by atoms with Gasteiger partial charge in [0.2, 0.25) is 0 Å². The second kappa shape index (κ2) is 40.6. The molecule has 6 atom stereocenters. The Hall–Kier alpha value is -7.84. The first-order valence-corrected chi connectivity index (χ1v) is 29.5. The number of carbonyl (C=O) groups excluding carboxylic acids is 4. The fourth-order valence-corrected chi connectivity index (χ4v) is 7.69. The van der Waals surface area contributed by atoms with Crippen LogP contribution in [0, 0.1) is 11.8 Å². The Kier molecular flexibility index (Phi) is 34.3. The Labute approximate surface area is 519 Å². The van der Waals surface area contributed by atoms with Crippen LogP contribution in [-0.2, 0) is 58.4 Å². The highest BCUT2D eigenvalue weighted by atomic mass is 16.6. The predicted molar refractivity (Wildman–Crippen MR) is 337 cm³/mol. The maximum Gasteiger partial charge on any atom is 0.330 e. The fourth-order valence-electron chi connectivity index (χ4n) is 7.69. The van der Waals surface area contributed by atoms with E-state index in [1.165, 1.54) is 5.56 Å². The Morgan fingerprint density at radius 3 is 1.03 bits per heavy atom. The highest BCUT2D eigenvalue weighted by Crippen LogP contribution is 2.35. The van der Waals surface area contributed by atoms with Gasteiger partial charge in [-0.25, -0.2) is 9.59 Å². The van der Waals surface area contributed by atoms with Crippen molar-refractivity contribution < 1.29 is 87.0 Å². The van der Waals surface area contributed by atoms with Crippen LogP contribution in [-0.4, -0.2) is 148 Å². The zero-order valence-electron chi connectivity index (χ0n) is 52.3.